The highest BCUT2D eigenvalue weighted by Gasteiger charge is 2.60. The number of carbonyl (C=O) groups is 1. The van der Waals surface area contributed by atoms with Crippen molar-refractivity contribution in [3.05, 3.63) is 0 Å². The Labute approximate surface area is 119 Å². The summed E-state index contributed by atoms with van der Waals surface area (Å²) < 4.78 is 5.21. The topological polar surface area (TPSA) is 79.1 Å². The molecule has 20 heavy (non-hydrogen) atoms. The molecule has 4 rings (SSSR count). The van der Waals surface area contributed by atoms with Gasteiger partial charge in [0.15, 0.2) is 5.71 Å². The third kappa shape index (κ3) is 2.12. The fraction of sp³-hybridized carbons (Fsp3) is 0.867. The van der Waals surface area contributed by atoms with Gasteiger partial charge in [0.2, 0.25) is 0 Å². The third-order valence-corrected chi connectivity index (χ3v) is 5.17. The highest BCUT2D eigenvalue weighted by atomic mass is 16.5. The van der Waals surface area contributed by atoms with Crippen LogP contribution in [0, 0.1) is 17.3 Å². The highest BCUT2D eigenvalue weighted by Crippen LogP contribution is 2.62. The quantitative estimate of drug-likeness (QED) is 0.359. The van der Waals surface area contributed by atoms with E-state index in [1.54, 1.807) is 13.8 Å². The molecule has 0 spiro atoms. The molecule has 0 aliphatic heterocycles. The van der Waals surface area contributed by atoms with Gasteiger partial charge in [0.25, 0.3) is 0 Å². The minimum atomic E-state index is -0.682. The summed E-state index contributed by atoms with van der Waals surface area (Å²) >= 11 is 0. The lowest BCUT2D eigenvalue weighted by atomic mass is 9.46. The Balaban J connectivity index is 1.90. The maximum atomic E-state index is 12.2. The molecule has 0 saturated heterocycles. The van der Waals surface area contributed by atoms with Crippen LogP contribution in [0.3, 0.4) is 0 Å². The largest absolute Gasteiger partial charge is 0.458 e. The molecule has 112 valence electrons. The fourth-order valence-corrected chi connectivity index (χ4v) is 5.12. The molecule has 5 heteroatoms. The van der Waals surface area contributed by atoms with Gasteiger partial charge in [-0.3, -0.25) is 0 Å². The van der Waals surface area contributed by atoms with Gasteiger partial charge in [-0.2, -0.15) is 0 Å². The second-order valence-electron chi connectivity index (χ2n) is 7.37. The monoisotopic (exact) mass is 281 g/mol. The van der Waals surface area contributed by atoms with Crippen LogP contribution in [0.1, 0.15) is 52.4 Å². The normalized spacial score (nSPS) is 43.1. The molecule has 4 aliphatic rings. The zero-order chi connectivity index (χ0) is 14.5. The Hall–Kier alpha value is -1.10. The van der Waals surface area contributed by atoms with E-state index in [2.05, 4.69) is 5.16 Å². The third-order valence-electron chi connectivity index (χ3n) is 5.17. The van der Waals surface area contributed by atoms with Crippen LogP contribution in [0.15, 0.2) is 5.16 Å². The van der Waals surface area contributed by atoms with Crippen LogP contribution < -0.4 is 0 Å². The number of hydrogen-bond donors (Lipinski definition) is 2. The second kappa shape index (κ2) is 4.45. The maximum Gasteiger partial charge on any atom is 0.356 e. The van der Waals surface area contributed by atoms with Crippen molar-refractivity contribution in [2.45, 2.75) is 64.1 Å². The Kier molecular flexibility index (Phi) is 3.08. The molecule has 0 radical (unpaired) electrons. The van der Waals surface area contributed by atoms with E-state index in [0.29, 0.717) is 18.3 Å². The van der Waals surface area contributed by atoms with Crippen molar-refractivity contribution in [2.24, 2.45) is 22.4 Å². The van der Waals surface area contributed by atoms with Crippen LogP contribution in [-0.2, 0) is 9.53 Å². The van der Waals surface area contributed by atoms with Gasteiger partial charge >= 0.3 is 5.97 Å². The van der Waals surface area contributed by atoms with Crippen molar-refractivity contribution < 1.29 is 19.8 Å². The van der Waals surface area contributed by atoms with Crippen molar-refractivity contribution in [3.8, 4) is 0 Å². The number of esters is 1. The van der Waals surface area contributed by atoms with Gasteiger partial charge in [-0.1, -0.05) is 5.16 Å². The zero-order valence-corrected chi connectivity index (χ0v) is 12.1. The van der Waals surface area contributed by atoms with Crippen LogP contribution >= 0.6 is 0 Å². The molecule has 4 atom stereocenters. The first kappa shape index (κ1) is 13.9. The van der Waals surface area contributed by atoms with Crippen molar-refractivity contribution in [1.82, 2.24) is 0 Å². The molecule has 5 nitrogen and oxygen atoms in total. The van der Waals surface area contributed by atoms with Crippen LogP contribution in [-0.4, -0.2) is 33.7 Å². The van der Waals surface area contributed by atoms with Crippen LogP contribution in [0.4, 0.5) is 0 Å². The van der Waals surface area contributed by atoms with Gasteiger partial charge in [0.1, 0.15) is 0 Å². The first-order valence-corrected chi connectivity index (χ1v) is 7.52. The standard InChI is InChI=1S/C15H23NO4/c1-9(2)20-13(17)12(16-19)14-4-10-3-11(5-14)7-15(18,6-10)8-14/h9-11,18-19H,3-8H2,1-2H3/b16-12-/t10-,11+,14?,15?. The van der Waals surface area contributed by atoms with E-state index in [1.807, 2.05) is 0 Å². The minimum absolute atomic E-state index is 0.124. The van der Waals surface area contributed by atoms with Crippen molar-refractivity contribution >= 4 is 11.7 Å². The number of carbonyl (C=O) groups excluding carboxylic acids is 1. The van der Waals surface area contributed by atoms with Gasteiger partial charge in [-0.25, -0.2) is 4.79 Å². The lowest BCUT2D eigenvalue weighted by Gasteiger charge is -2.59. The highest BCUT2D eigenvalue weighted by molar-refractivity contribution is 6.38. The molecule has 0 aromatic carbocycles. The zero-order valence-electron chi connectivity index (χ0n) is 12.1. The Morgan fingerprint density at radius 3 is 2.30 bits per heavy atom. The van der Waals surface area contributed by atoms with Gasteiger partial charge < -0.3 is 15.1 Å². The smallest absolute Gasteiger partial charge is 0.356 e. The molecule has 0 amide bonds. The van der Waals surface area contributed by atoms with E-state index >= 15 is 0 Å². The lowest BCUT2D eigenvalue weighted by molar-refractivity contribution is -0.151. The van der Waals surface area contributed by atoms with Crippen molar-refractivity contribution in [3.63, 3.8) is 0 Å². The van der Waals surface area contributed by atoms with E-state index in [1.165, 1.54) is 0 Å². The Bertz CT molecular complexity index is 443. The summed E-state index contributed by atoms with van der Waals surface area (Å²) in [6.45, 7) is 3.56. The molecule has 4 saturated carbocycles. The number of oxime groups is 1. The Morgan fingerprint density at radius 1 is 1.25 bits per heavy atom. The summed E-state index contributed by atoms with van der Waals surface area (Å²) in [7, 11) is 0. The molecule has 2 N–H and O–H groups in total. The van der Waals surface area contributed by atoms with E-state index in [-0.39, 0.29) is 11.8 Å². The molecule has 2 unspecified atom stereocenters. The number of hydrogen-bond acceptors (Lipinski definition) is 5. The predicted molar refractivity (Wildman–Crippen MR) is 72.5 cm³/mol. The molecule has 4 aliphatic carbocycles. The Morgan fingerprint density at radius 2 is 1.85 bits per heavy atom. The van der Waals surface area contributed by atoms with Gasteiger partial charge in [-0.15, -0.1) is 0 Å². The SMILES string of the molecule is CC(C)OC(=O)/C(=N/O)C12C[C@@H]3C[C@@H](CC(O)(C3)C1)C2. The first-order chi connectivity index (χ1) is 9.36. The van der Waals surface area contributed by atoms with Gasteiger partial charge in [-0.05, 0) is 64.2 Å². The van der Waals surface area contributed by atoms with E-state index < -0.39 is 17.0 Å². The summed E-state index contributed by atoms with van der Waals surface area (Å²) in [5.41, 5.74) is -1.05. The summed E-state index contributed by atoms with van der Waals surface area (Å²) in [4.78, 5) is 12.2. The summed E-state index contributed by atoms with van der Waals surface area (Å²) in [6, 6.07) is 0. The van der Waals surface area contributed by atoms with E-state index in [9.17, 15) is 15.1 Å². The molecule has 4 bridgehead atoms. The van der Waals surface area contributed by atoms with E-state index in [0.717, 1.165) is 32.1 Å². The lowest BCUT2D eigenvalue weighted by Crippen LogP contribution is -2.59. The van der Waals surface area contributed by atoms with Crippen LogP contribution in [0.25, 0.3) is 0 Å². The second-order valence-corrected chi connectivity index (χ2v) is 7.37. The van der Waals surface area contributed by atoms with Crippen molar-refractivity contribution in [2.75, 3.05) is 0 Å². The fourth-order valence-electron chi connectivity index (χ4n) is 5.12. The van der Waals surface area contributed by atoms with Crippen LogP contribution in [0.2, 0.25) is 0 Å². The molecule has 0 heterocycles. The predicted octanol–water partition coefficient (Wildman–Crippen LogP) is 2.10. The number of aliphatic hydroxyl groups is 1. The molecule has 0 aromatic heterocycles. The summed E-state index contributed by atoms with van der Waals surface area (Å²) in [5, 5.41) is 23.3. The summed E-state index contributed by atoms with van der Waals surface area (Å²) in [5.74, 6) is 0.336. The van der Waals surface area contributed by atoms with Crippen LogP contribution in [0.5, 0.6) is 0 Å². The average molecular weight is 281 g/mol. The van der Waals surface area contributed by atoms with Gasteiger partial charge in [0, 0.05) is 5.41 Å². The number of rotatable bonds is 3. The van der Waals surface area contributed by atoms with Gasteiger partial charge in [0.05, 0.1) is 11.7 Å². The number of nitrogens with zero attached hydrogens (tertiary/aromatic N) is 1. The van der Waals surface area contributed by atoms with E-state index in [4.69, 9.17) is 4.74 Å². The molecular formula is C15H23NO4. The van der Waals surface area contributed by atoms with Crippen molar-refractivity contribution in [1.29, 1.82) is 0 Å². The molecule has 4 fully saturated rings. The number of ether oxygens (including phenoxy) is 1. The molecular weight excluding hydrogens is 258 g/mol. The minimum Gasteiger partial charge on any atom is -0.458 e. The first-order valence-electron chi connectivity index (χ1n) is 7.52. The average Bonchev–Trinajstić information content (AvgIpc) is 2.23. The molecule has 0 aromatic rings. The summed E-state index contributed by atoms with van der Waals surface area (Å²) in [6.07, 6.45) is 4.72. The maximum absolute atomic E-state index is 12.2.